The minimum absolute atomic E-state index is 0.132. The van der Waals surface area contributed by atoms with Gasteiger partial charge >= 0.3 is 0 Å². The summed E-state index contributed by atoms with van der Waals surface area (Å²) in [6, 6.07) is 4.48. The Morgan fingerprint density at radius 2 is 2.23 bits per heavy atom. The van der Waals surface area contributed by atoms with E-state index in [4.69, 9.17) is 11.1 Å². The van der Waals surface area contributed by atoms with Crippen molar-refractivity contribution in [2.24, 2.45) is 0 Å². The van der Waals surface area contributed by atoms with E-state index in [-0.39, 0.29) is 5.69 Å². The summed E-state index contributed by atoms with van der Waals surface area (Å²) in [6.45, 7) is 1.99. The van der Waals surface area contributed by atoms with Gasteiger partial charge in [0.25, 0.3) is 0 Å². The van der Waals surface area contributed by atoms with Crippen molar-refractivity contribution in [1.82, 2.24) is 0 Å². The van der Waals surface area contributed by atoms with Crippen LogP contribution in [0, 0.1) is 11.2 Å². The van der Waals surface area contributed by atoms with E-state index in [0.29, 0.717) is 17.7 Å². The molecule has 1 aromatic carbocycles. The number of nitrogens with two attached hydrogens (primary N) is 1. The van der Waals surface area contributed by atoms with Crippen LogP contribution in [0.1, 0.15) is 25.3 Å². The summed E-state index contributed by atoms with van der Waals surface area (Å²) in [5.74, 6) is -0.446. The van der Waals surface area contributed by atoms with Gasteiger partial charge in [-0.1, -0.05) is 19.4 Å². The summed E-state index contributed by atoms with van der Waals surface area (Å²) >= 11 is 0. The molecule has 3 heteroatoms. The largest absolute Gasteiger partial charge is 0.396 e. The average Bonchev–Trinajstić information content (AvgIpc) is 2.10. The zero-order valence-corrected chi connectivity index (χ0v) is 7.60. The van der Waals surface area contributed by atoms with Crippen LogP contribution < -0.4 is 5.73 Å². The molecule has 0 heterocycles. The number of anilines is 1. The molecule has 0 aliphatic rings. The van der Waals surface area contributed by atoms with E-state index >= 15 is 0 Å². The maximum Gasteiger partial charge on any atom is 0.146 e. The molecule has 0 amide bonds. The van der Waals surface area contributed by atoms with Crippen LogP contribution in [-0.4, -0.2) is 5.71 Å². The molecular formula is C10H13FN2. The molecule has 0 fully saturated rings. The summed E-state index contributed by atoms with van der Waals surface area (Å²) in [4.78, 5) is 0. The molecular weight excluding hydrogens is 167 g/mol. The van der Waals surface area contributed by atoms with Crippen molar-refractivity contribution in [3.05, 3.63) is 29.6 Å². The predicted octanol–water partition coefficient (Wildman–Crippen LogP) is 2.58. The molecule has 0 aliphatic heterocycles. The average molecular weight is 180 g/mol. The second-order valence-corrected chi connectivity index (χ2v) is 2.96. The Kier molecular flexibility index (Phi) is 3.01. The maximum absolute atomic E-state index is 13.0. The molecule has 3 N–H and O–H groups in total. The topological polar surface area (TPSA) is 49.9 Å². The van der Waals surface area contributed by atoms with E-state index in [0.717, 1.165) is 6.42 Å². The van der Waals surface area contributed by atoms with E-state index in [2.05, 4.69) is 0 Å². The molecule has 0 radical (unpaired) electrons. The molecule has 0 saturated carbocycles. The Hall–Kier alpha value is -1.38. The van der Waals surface area contributed by atoms with Gasteiger partial charge in [0.05, 0.1) is 5.69 Å². The Labute approximate surface area is 77.1 Å². The maximum atomic E-state index is 13.0. The molecule has 0 bridgehead atoms. The molecule has 0 spiro atoms. The number of hydrogen-bond acceptors (Lipinski definition) is 2. The van der Waals surface area contributed by atoms with Gasteiger partial charge in [-0.3, -0.25) is 0 Å². The quantitative estimate of drug-likeness (QED) is 0.545. The smallest absolute Gasteiger partial charge is 0.146 e. The number of halogens is 1. The van der Waals surface area contributed by atoms with Crippen LogP contribution in [0.3, 0.4) is 0 Å². The fourth-order valence-electron chi connectivity index (χ4n) is 1.11. The fraction of sp³-hybridized carbons (Fsp3) is 0.300. The third-order valence-corrected chi connectivity index (χ3v) is 1.85. The normalized spacial score (nSPS) is 10.0. The molecule has 0 unspecified atom stereocenters. The van der Waals surface area contributed by atoms with Gasteiger partial charge < -0.3 is 11.1 Å². The van der Waals surface area contributed by atoms with E-state index in [1.54, 1.807) is 6.07 Å². The van der Waals surface area contributed by atoms with Gasteiger partial charge in [-0.15, -0.1) is 0 Å². The lowest BCUT2D eigenvalue weighted by Crippen LogP contribution is -2.00. The van der Waals surface area contributed by atoms with Crippen molar-refractivity contribution < 1.29 is 4.39 Å². The van der Waals surface area contributed by atoms with Crippen LogP contribution in [0.5, 0.6) is 0 Å². The van der Waals surface area contributed by atoms with Crippen molar-refractivity contribution in [2.45, 2.75) is 19.8 Å². The Bertz CT molecular complexity index is 321. The number of nitrogen functional groups attached to an aromatic ring is 1. The van der Waals surface area contributed by atoms with Crippen molar-refractivity contribution in [3.63, 3.8) is 0 Å². The van der Waals surface area contributed by atoms with E-state index in [1.807, 2.05) is 6.92 Å². The van der Waals surface area contributed by atoms with Crippen molar-refractivity contribution >= 4 is 11.4 Å². The predicted molar refractivity (Wildman–Crippen MR) is 52.5 cm³/mol. The summed E-state index contributed by atoms with van der Waals surface area (Å²) in [5.41, 5.74) is 6.53. The molecule has 0 aliphatic carbocycles. The van der Waals surface area contributed by atoms with Crippen molar-refractivity contribution in [3.8, 4) is 0 Å². The van der Waals surface area contributed by atoms with Gasteiger partial charge in [0.15, 0.2) is 0 Å². The van der Waals surface area contributed by atoms with Crippen molar-refractivity contribution in [2.75, 3.05) is 5.73 Å². The number of hydrogen-bond donors (Lipinski definition) is 2. The molecule has 1 rings (SSSR count). The zero-order chi connectivity index (χ0) is 9.84. The summed E-state index contributed by atoms with van der Waals surface area (Å²) in [5, 5.41) is 7.59. The third-order valence-electron chi connectivity index (χ3n) is 1.85. The first-order valence-corrected chi connectivity index (χ1v) is 4.28. The van der Waals surface area contributed by atoms with Gasteiger partial charge in [-0.25, -0.2) is 4.39 Å². The standard InChI is InChI=1S/C10H13FN2/c1-2-3-9(12)7-4-5-10(13)8(11)6-7/h4-6,12H,2-3,13H2,1H3. The third kappa shape index (κ3) is 2.28. The molecule has 2 nitrogen and oxygen atoms in total. The summed E-state index contributed by atoms with van der Waals surface area (Å²) in [6.07, 6.45) is 1.56. The highest BCUT2D eigenvalue weighted by molar-refractivity contribution is 5.98. The van der Waals surface area contributed by atoms with Gasteiger partial charge in [-0.05, 0) is 24.1 Å². The molecule has 0 aromatic heterocycles. The lowest BCUT2D eigenvalue weighted by Gasteiger charge is -2.03. The van der Waals surface area contributed by atoms with Crippen molar-refractivity contribution in [1.29, 1.82) is 5.41 Å². The molecule has 13 heavy (non-hydrogen) atoms. The summed E-state index contributed by atoms with van der Waals surface area (Å²) in [7, 11) is 0. The lowest BCUT2D eigenvalue weighted by atomic mass is 10.1. The Morgan fingerprint density at radius 3 is 2.77 bits per heavy atom. The molecule has 70 valence electrons. The number of rotatable bonds is 3. The highest BCUT2D eigenvalue weighted by atomic mass is 19.1. The first-order chi connectivity index (χ1) is 6.15. The van der Waals surface area contributed by atoms with Crippen LogP contribution in [0.2, 0.25) is 0 Å². The Balaban J connectivity index is 2.90. The Morgan fingerprint density at radius 1 is 1.54 bits per heavy atom. The monoisotopic (exact) mass is 180 g/mol. The highest BCUT2D eigenvalue weighted by Crippen LogP contribution is 2.13. The lowest BCUT2D eigenvalue weighted by molar-refractivity contribution is 0.632. The first kappa shape index (κ1) is 9.71. The second-order valence-electron chi connectivity index (χ2n) is 2.96. The second kappa shape index (κ2) is 4.03. The van der Waals surface area contributed by atoms with E-state index in [1.165, 1.54) is 12.1 Å². The van der Waals surface area contributed by atoms with Gasteiger partial charge in [0.1, 0.15) is 5.82 Å². The minimum Gasteiger partial charge on any atom is -0.396 e. The van der Waals surface area contributed by atoms with Gasteiger partial charge in [0, 0.05) is 5.71 Å². The number of nitrogens with one attached hydrogen (secondary N) is 1. The van der Waals surface area contributed by atoms with Gasteiger partial charge in [-0.2, -0.15) is 0 Å². The first-order valence-electron chi connectivity index (χ1n) is 4.28. The van der Waals surface area contributed by atoms with Crippen LogP contribution in [-0.2, 0) is 0 Å². The highest BCUT2D eigenvalue weighted by Gasteiger charge is 2.03. The van der Waals surface area contributed by atoms with Crippen LogP contribution in [0.15, 0.2) is 18.2 Å². The van der Waals surface area contributed by atoms with E-state index in [9.17, 15) is 4.39 Å². The van der Waals surface area contributed by atoms with Gasteiger partial charge in [0.2, 0.25) is 0 Å². The number of benzene rings is 1. The minimum atomic E-state index is -0.446. The SMILES string of the molecule is CCCC(=N)c1ccc(N)c(F)c1. The summed E-state index contributed by atoms with van der Waals surface area (Å²) < 4.78 is 13.0. The van der Waals surface area contributed by atoms with Crippen LogP contribution in [0.4, 0.5) is 10.1 Å². The molecule has 1 aromatic rings. The molecule has 0 saturated heterocycles. The van der Waals surface area contributed by atoms with E-state index < -0.39 is 5.82 Å². The fourth-order valence-corrected chi connectivity index (χ4v) is 1.11. The van der Waals surface area contributed by atoms with Crippen LogP contribution in [0.25, 0.3) is 0 Å². The van der Waals surface area contributed by atoms with Crippen LogP contribution >= 0.6 is 0 Å². The zero-order valence-electron chi connectivity index (χ0n) is 7.60. The molecule has 0 atom stereocenters.